The third-order valence-electron chi connectivity index (χ3n) is 2.75. The molecule has 1 aromatic heterocycles. The molecule has 0 saturated heterocycles. The third-order valence-corrected chi connectivity index (χ3v) is 2.75. The number of alkyl halides is 3. The van der Waals surface area contributed by atoms with E-state index in [1.807, 2.05) is 0 Å². The van der Waals surface area contributed by atoms with Gasteiger partial charge in [-0.15, -0.1) is 0 Å². The number of hydrogen-bond donors (Lipinski definition) is 3. The molecule has 18 heavy (non-hydrogen) atoms. The normalized spacial score (nSPS) is 14.1. The van der Waals surface area contributed by atoms with E-state index in [2.05, 4.69) is 10.3 Å². The summed E-state index contributed by atoms with van der Waals surface area (Å²) in [5.74, 6) is 0. The average molecular weight is 258 g/mol. The molecule has 1 unspecified atom stereocenters. The summed E-state index contributed by atoms with van der Waals surface area (Å²) in [6.07, 6.45) is -5.72. The predicted molar refractivity (Wildman–Crippen MR) is 62.2 cm³/mol. The fourth-order valence-corrected chi connectivity index (χ4v) is 2.01. The lowest BCUT2D eigenvalue weighted by atomic mass is 10.1. The lowest BCUT2D eigenvalue weighted by Crippen LogP contribution is -2.20. The minimum absolute atomic E-state index is 0.0515. The van der Waals surface area contributed by atoms with E-state index in [-0.39, 0.29) is 17.6 Å². The van der Waals surface area contributed by atoms with Crippen LogP contribution in [0.15, 0.2) is 24.3 Å². The summed E-state index contributed by atoms with van der Waals surface area (Å²) in [4.78, 5) is 2.65. The molecule has 3 nitrogen and oxygen atoms in total. The van der Waals surface area contributed by atoms with Crippen LogP contribution in [-0.2, 0) is 6.18 Å². The van der Waals surface area contributed by atoms with Crippen molar-refractivity contribution in [2.75, 3.05) is 13.6 Å². The molecule has 0 aliphatic carbocycles. The number of aromatic amines is 1. The maximum atomic E-state index is 13.1. The number of fused-ring (bicyclic) bond motifs is 1. The topological polar surface area (TPSA) is 48.0 Å². The zero-order valence-electron chi connectivity index (χ0n) is 9.67. The summed E-state index contributed by atoms with van der Waals surface area (Å²) >= 11 is 0. The zero-order chi connectivity index (χ0) is 13.3. The monoisotopic (exact) mass is 258 g/mol. The van der Waals surface area contributed by atoms with Crippen molar-refractivity contribution in [3.8, 4) is 0 Å². The number of halogens is 3. The SMILES string of the molecule is CNCC(O)c1[nH]c2ccccc2c1C(F)(F)F. The summed E-state index contributed by atoms with van der Waals surface area (Å²) in [5.41, 5.74) is -0.617. The van der Waals surface area contributed by atoms with Crippen LogP contribution in [0.4, 0.5) is 13.2 Å². The van der Waals surface area contributed by atoms with Crippen molar-refractivity contribution < 1.29 is 18.3 Å². The van der Waals surface area contributed by atoms with Crippen LogP contribution in [-0.4, -0.2) is 23.7 Å². The molecule has 6 heteroatoms. The maximum Gasteiger partial charge on any atom is 0.418 e. The van der Waals surface area contributed by atoms with Crippen molar-refractivity contribution >= 4 is 10.9 Å². The molecule has 0 aliphatic heterocycles. The molecule has 0 aliphatic rings. The van der Waals surface area contributed by atoms with Gasteiger partial charge in [-0.05, 0) is 13.1 Å². The maximum absolute atomic E-state index is 13.1. The quantitative estimate of drug-likeness (QED) is 0.792. The van der Waals surface area contributed by atoms with E-state index in [1.54, 1.807) is 25.2 Å². The van der Waals surface area contributed by atoms with E-state index < -0.39 is 17.8 Å². The Kier molecular flexibility index (Phi) is 3.32. The van der Waals surface area contributed by atoms with Gasteiger partial charge in [0.05, 0.1) is 11.3 Å². The van der Waals surface area contributed by atoms with E-state index in [0.29, 0.717) is 5.52 Å². The standard InChI is InChI=1S/C12H13F3N2O/c1-16-6-9(18)11-10(12(13,14)15)7-4-2-3-5-8(7)17-11/h2-5,9,16-18H,6H2,1H3. The Morgan fingerprint density at radius 1 is 1.33 bits per heavy atom. The number of likely N-dealkylation sites (N-methyl/N-ethyl adjacent to an activating group) is 1. The second-order valence-corrected chi connectivity index (χ2v) is 4.03. The lowest BCUT2D eigenvalue weighted by Gasteiger charge is -2.13. The van der Waals surface area contributed by atoms with Gasteiger partial charge in [-0.25, -0.2) is 0 Å². The Balaban J connectivity index is 2.64. The summed E-state index contributed by atoms with van der Waals surface area (Å²) in [6.45, 7) is 0.0515. The van der Waals surface area contributed by atoms with Crippen LogP contribution < -0.4 is 5.32 Å². The first-order valence-corrected chi connectivity index (χ1v) is 5.45. The van der Waals surface area contributed by atoms with Gasteiger partial charge >= 0.3 is 6.18 Å². The lowest BCUT2D eigenvalue weighted by molar-refractivity contribution is -0.137. The van der Waals surface area contributed by atoms with E-state index in [0.717, 1.165) is 0 Å². The Labute approximate surface area is 102 Å². The molecule has 0 fully saturated rings. The van der Waals surface area contributed by atoms with Crippen LogP contribution in [0.25, 0.3) is 10.9 Å². The van der Waals surface area contributed by atoms with Crippen molar-refractivity contribution in [1.29, 1.82) is 0 Å². The number of rotatable bonds is 3. The van der Waals surface area contributed by atoms with Crippen LogP contribution in [0, 0.1) is 0 Å². The number of aliphatic hydroxyl groups excluding tert-OH is 1. The minimum Gasteiger partial charge on any atom is -0.386 e. The zero-order valence-corrected chi connectivity index (χ0v) is 9.67. The van der Waals surface area contributed by atoms with E-state index in [4.69, 9.17) is 0 Å². The van der Waals surface area contributed by atoms with Gasteiger partial charge in [0.25, 0.3) is 0 Å². The number of H-pyrrole nitrogens is 1. The van der Waals surface area contributed by atoms with E-state index >= 15 is 0 Å². The predicted octanol–water partition coefficient (Wildman–Crippen LogP) is 2.44. The third kappa shape index (κ3) is 2.21. The van der Waals surface area contributed by atoms with Crippen LogP contribution >= 0.6 is 0 Å². The van der Waals surface area contributed by atoms with Crippen molar-refractivity contribution in [1.82, 2.24) is 10.3 Å². The largest absolute Gasteiger partial charge is 0.418 e. The molecule has 0 amide bonds. The van der Waals surface area contributed by atoms with Crippen LogP contribution in [0.5, 0.6) is 0 Å². The van der Waals surface area contributed by atoms with Crippen molar-refractivity contribution in [3.63, 3.8) is 0 Å². The van der Waals surface area contributed by atoms with Gasteiger partial charge in [0.1, 0.15) is 6.10 Å². The molecular formula is C12H13F3N2O. The second kappa shape index (κ2) is 4.62. The van der Waals surface area contributed by atoms with E-state index in [9.17, 15) is 18.3 Å². The molecule has 0 bridgehead atoms. The number of nitrogens with one attached hydrogen (secondary N) is 2. The molecular weight excluding hydrogens is 245 g/mol. The molecule has 1 heterocycles. The fraction of sp³-hybridized carbons (Fsp3) is 0.333. The van der Waals surface area contributed by atoms with Gasteiger partial charge in [0.15, 0.2) is 0 Å². The van der Waals surface area contributed by atoms with Gasteiger partial charge in [0.2, 0.25) is 0 Å². The highest BCUT2D eigenvalue weighted by atomic mass is 19.4. The Morgan fingerprint density at radius 3 is 2.61 bits per heavy atom. The average Bonchev–Trinajstić information content (AvgIpc) is 2.68. The summed E-state index contributed by atoms with van der Waals surface area (Å²) in [7, 11) is 1.57. The molecule has 3 N–H and O–H groups in total. The minimum atomic E-state index is -4.50. The van der Waals surface area contributed by atoms with Gasteiger partial charge in [-0.1, -0.05) is 18.2 Å². The first kappa shape index (κ1) is 12.9. The molecule has 0 saturated carbocycles. The second-order valence-electron chi connectivity index (χ2n) is 4.03. The smallest absolute Gasteiger partial charge is 0.386 e. The number of benzene rings is 1. The first-order valence-electron chi connectivity index (χ1n) is 5.45. The van der Waals surface area contributed by atoms with Crippen molar-refractivity contribution in [2.24, 2.45) is 0 Å². The van der Waals surface area contributed by atoms with Gasteiger partial charge in [-0.2, -0.15) is 13.2 Å². The highest BCUT2D eigenvalue weighted by Crippen LogP contribution is 2.39. The number of aromatic nitrogens is 1. The molecule has 1 atom stereocenters. The summed E-state index contributed by atoms with van der Waals surface area (Å²) in [6, 6.07) is 6.14. The number of hydrogen-bond acceptors (Lipinski definition) is 2. The molecule has 2 aromatic rings. The fourth-order valence-electron chi connectivity index (χ4n) is 2.01. The van der Waals surface area contributed by atoms with Crippen molar-refractivity contribution in [2.45, 2.75) is 12.3 Å². The Hall–Kier alpha value is -1.53. The van der Waals surface area contributed by atoms with Gasteiger partial charge < -0.3 is 15.4 Å². The number of para-hydroxylation sites is 1. The van der Waals surface area contributed by atoms with Crippen LogP contribution in [0.2, 0.25) is 0 Å². The molecule has 98 valence electrons. The van der Waals surface area contributed by atoms with Crippen molar-refractivity contribution in [3.05, 3.63) is 35.5 Å². The Bertz CT molecular complexity index is 548. The summed E-state index contributed by atoms with van der Waals surface area (Å²) < 4.78 is 39.2. The van der Waals surface area contributed by atoms with Crippen LogP contribution in [0.3, 0.4) is 0 Å². The first-order chi connectivity index (χ1) is 8.45. The Morgan fingerprint density at radius 2 is 2.00 bits per heavy atom. The molecule has 2 rings (SSSR count). The number of aliphatic hydroxyl groups is 1. The molecule has 1 aromatic carbocycles. The molecule has 0 radical (unpaired) electrons. The molecule has 0 spiro atoms. The van der Waals surface area contributed by atoms with Gasteiger partial charge in [-0.3, -0.25) is 0 Å². The highest BCUT2D eigenvalue weighted by Gasteiger charge is 2.38. The van der Waals surface area contributed by atoms with Crippen LogP contribution in [0.1, 0.15) is 17.4 Å². The van der Waals surface area contributed by atoms with E-state index in [1.165, 1.54) is 6.07 Å². The highest BCUT2D eigenvalue weighted by molar-refractivity contribution is 5.85. The van der Waals surface area contributed by atoms with Gasteiger partial charge in [0, 0.05) is 17.4 Å². The summed E-state index contributed by atoms with van der Waals surface area (Å²) in [5, 5.41) is 12.5.